The first-order chi connectivity index (χ1) is 13.6. The molecule has 0 bridgehead atoms. The van der Waals surface area contributed by atoms with Crippen LogP contribution in [0.3, 0.4) is 0 Å². The standard InChI is InChI=1S/C21H26N2O4S/c1-3-4-11-27-17-10-9-14(12-18(17)26-2)20(24)22-23-21(25)16-13-28-19-8-6-5-7-15(16)19/h9-10,12-13H,3-8,11H2,1-2H3,(H,22,24)(H,23,25). The summed E-state index contributed by atoms with van der Waals surface area (Å²) in [6.07, 6.45) is 6.21. The molecule has 6 nitrogen and oxygen atoms in total. The third kappa shape index (κ3) is 4.65. The molecule has 0 radical (unpaired) electrons. The van der Waals surface area contributed by atoms with Crippen molar-refractivity contribution in [2.75, 3.05) is 13.7 Å². The molecular weight excluding hydrogens is 376 g/mol. The number of carbonyl (C=O) groups excluding carboxylic acids is 2. The summed E-state index contributed by atoms with van der Waals surface area (Å²) in [6, 6.07) is 4.97. The maximum Gasteiger partial charge on any atom is 0.270 e. The van der Waals surface area contributed by atoms with Crippen LogP contribution < -0.4 is 20.3 Å². The maximum absolute atomic E-state index is 12.5. The van der Waals surface area contributed by atoms with Gasteiger partial charge in [-0.2, -0.15) is 0 Å². The summed E-state index contributed by atoms with van der Waals surface area (Å²) in [5.41, 5.74) is 7.18. The Balaban J connectivity index is 1.61. The maximum atomic E-state index is 12.5. The first-order valence-corrected chi connectivity index (χ1v) is 10.5. The van der Waals surface area contributed by atoms with Gasteiger partial charge in [0.15, 0.2) is 11.5 Å². The van der Waals surface area contributed by atoms with Gasteiger partial charge in [0.1, 0.15) is 0 Å². The lowest BCUT2D eigenvalue weighted by molar-refractivity contribution is 0.0846. The Morgan fingerprint density at radius 3 is 2.68 bits per heavy atom. The van der Waals surface area contributed by atoms with Crippen molar-refractivity contribution in [2.24, 2.45) is 0 Å². The van der Waals surface area contributed by atoms with Gasteiger partial charge in [-0.25, -0.2) is 0 Å². The first kappa shape index (κ1) is 20.2. The van der Waals surface area contributed by atoms with Crippen LogP contribution in [0.2, 0.25) is 0 Å². The molecule has 1 aromatic carbocycles. The number of thiophene rings is 1. The predicted octanol–water partition coefficient (Wildman–Crippen LogP) is 3.89. The fourth-order valence-corrected chi connectivity index (χ4v) is 4.32. The zero-order chi connectivity index (χ0) is 19.9. The van der Waals surface area contributed by atoms with Crippen molar-refractivity contribution >= 4 is 23.2 Å². The summed E-state index contributed by atoms with van der Waals surface area (Å²) in [7, 11) is 1.53. The number of fused-ring (bicyclic) bond motifs is 1. The van der Waals surface area contributed by atoms with Gasteiger partial charge in [0.2, 0.25) is 0 Å². The molecule has 3 rings (SSSR count). The van der Waals surface area contributed by atoms with E-state index in [1.807, 2.05) is 5.38 Å². The Hall–Kier alpha value is -2.54. The molecule has 0 saturated heterocycles. The highest BCUT2D eigenvalue weighted by molar-refractivity contribution is 7.10. The fourth-order valence-electron chi connectivity index (χ4n) is 3.19. The number of aryl methyl sites for hydroxylation is 1. The number of hydrogen-bond donors (Lipinski definition) is 2. The number of unbranched alkanes of at least 4 members (excludes halogenated alkanes) is 1. The number of methoxy groups -OCH3 is 1. The van der Waals surface area contributed by atoms with Crippen LogP contribution in [0.5, 0.6) is 11.5 Å². The van der Waals surface area contributed by atoms with Gasteiger partial charge in [-0.15, -0.1) is 11.3 Å². The Labute approximate surface area is 169 Å². The first-order valence-electron chi connectivity index (χ1n) is 9.64. The molecule has 1 aliphatic rings. The van der Waals surface area contributed by atoms with Crippen LogP contribution >= 0.6 is 11.3 Å². The number of amides is 2. The minimum Gasteiger partial charge on any atom is -0.493 e. The molecule has 0 saturated carbocycles. The van der Waals surface area contributed by atoms with E-state index < -0.39 is 5.91 Å². The average molecular weight is 403 g/mol. The molecule has 0 atom stereocenters. The van der Waals surface area contributed by atoms with E-state index in [9.17, 15) is 9.59 Å². The van der Waals surface area contributed by atoms with E-state index >= 15 is 0 Å². The second-order valence-corrected chi connectivity index (χ2v) is 7.70. The summed E-state index contributed by atoms with van der Waals surface area (Å²) >= 11 is 1.62. The quantitative estimate of drug-likeness (QED) is 0.544. The van der Waals surface area contributed by atoms with Crippen molar-refractivity contribution in [3.05, 3.63) is 45.1 Å². The van der Waals surface area contributed by atoms with Gasteiger partial charge in [-0.3, -0.25) is 20.4 Å². The zero-order valence-electron chi connectivity index (χ0n) is 16.3. The Morgan fingerprint density at radius 2 is 1.89 bits per heavy atom. The SMILES string of the molecule is CCCCOc1ccc(C(=O)NNC(=O)c2csc3c2CCCC3)cc1OC. The van der Waals surface area contributed by atoms with Crippen LogP contribution in [0.25, 0.3) is 0 Å². The third-order valence-corrected chi connectivity index (χ3v) is 5.87. The summed E-state index contributed by atoms with van der Waals surface area (Å²) in [5.74, 6) is 0.401. The van der Waals surface area contributed by atoms with E-state index in [0.29, 0.717) is 29.2 Å². The number of benzene rings is 1. The minimum atomic E-state index is -0.407. The average Bonchev–Trinajstić information content (AvgIpc) is 3.16. The smallest absolute Gasteiger partial charge is 0.270 e. The van der Waals surface area contributed by atoms with Gasteiger partial charge in [0.05, 0.1) is 19.3 Å². The molecule has 1 aliphatic carbocycles. The van der Waals surface area contributed by atoms with Crippen LogP contribution in [-0.4, -0.2) is 25.5 Å². The molecule has 2 N–H and O–H groups in total. The van der Waals surface area contributed by atoms with Crippen molar-refractivity contribution in [1.29, 1.82) is 0 Å². The molecule has 150 valence electrons. The van der Waals surface area contributed by atoms with Gasteiger partial charge in [-0.1, -0.05) is 13.3 Å². The van der Waals surface area contributed by atoms with Gasteiger partial charge >= 0.3 is 0 Å². The second-order valence-electron chi connectivity index (χ2n) is 6.73. The lowest BCUT2D eigenvalue weighted by Crippen LogP contribution is -2.41. The van der Waals surface area contributed by atoms with Crippen molar-refractivity contribution in [3.63, 3.8) is 0 Å². The van der Waals surface area contributed by atoms with E-state index in [2.05, 4.69) is 17.8 Å². The highest BCUT2D eigenvalue weighted by atomic mass is 32.1. The van der Waals surface area contributed by atoms with Crippen LogP contribution in [0, 0.1) is 0 Å². The van der Waals surface area contributed by atoms with Crippen LogP contribution in [0.15, 0.2) is 23.6 Å². The van der Waals surface area contributed by atoms with Gasteiger partial charge in [0.25, 0.3) is 11.8 Å². The normalized spacial score (nSPS) is 12.8. The van der Waals surface area contributed by atoms with Crippen LogP contribution in [-0.2, 0) is 12.8 Å². The van der Waals surface area contributed by atoms with Crippen molar-refractivity contribution in [2.45, 2.75) is 45.4 Å². The lowest BCUT2D eigenvalue weighted by atomic mass is 9.96. The fraction of sp³-hybridized carbons (Fsp3) is 0.429. The summed E-state index contributed by atoms with van der Waals surface area (Å²) in [5, 5.41) is 1.88. The zero-order valence-corrected chi connectivity index (χ0v) is 17.1. The summed E-state index contributed by atoms with van der Waals surface area (Å²) in [4.78, 5) is 26.2. The minimum absolute atomic E-state index is 0.278. The molecule has 0 fully saturated rings. The molecule has 7 heteroatoms. The second kappa shape index (κ2) is 9.59. The number of ether oxygens (including phenoxy) is 2. The molecule has 0 aliphatic heterocycles. The van der Waals surface area contributed by atoms with Gasteiger partial charge in [0, 0.05) is 15.8 Å². The molecule has 0 spiro atoms. The van der Waals surface area contributed by atoms with Gasteiger partial charge in [-0.05, 0) is 55.9 Å². The van der Waals surface area contributed by atoms with Gasteiger partial charge < -0.3 is 9.47 Å². The van der Waals surface area contributed by atoms with E-state index in [1.165, 1.54) is 18.4 Å². The number of hydrogen-bond acceptors (Lipinski definition) is 5. The molecule has 0 unspecified atom stereocenters. The lowest BCUT2D eigenvalue weighted by Gasteiger charge is -2.14. The van der Waals surface area contributed by atoms with E-state index in [0.717, 1.165) is 37.7 Å². The van der Waals surface area contributed by atoms with E-state index in [4.69, 9.17) is 9.47 Å². The number of rotatable bonds is 7. The number of carbonyl (C=O) groups is 2. The summed E-state index contributed by atoms with van der Waals surface area (Å²) in [6.45, 7) is 2.69. The molecule has 2 amide bonds. The Kier molecular flexibility index (Phi) is 6.92. The highest BCUT2D eigenvalue weighted by Crippen LogP contribution is 2.30. The molecule has 28 heavy (non-hydrogen) atoms. The molecule has 1 heterocycles. The topological polar surface area (TPSA) is 76.7 Å². The molecule has 1 aromatic heterocycles. The number of hydrazine groups is 1. The van der Waals surface area contributed by atoms with Crippen LogP contribution in [0.4, 0.5) is 0 Å². The Bertz CT molecular complexity index is 847. The predicted molar refractivity (Wildman–Crippen MR) is 109 cm³/mol. The van der Waals surface area contributed by atoms with Crippen molar-refractivity contribution < 1.29 is 19.1 Å². The largest absolute Gasteiger partial charge is 0.493 e. The highest BCUT2D eigenvalue weighted by Gasteiger charge is 2.20. The molecular formula is C21H26N2O4S. The monoisotopic (exact) mass is 402 g/mol. The van der Waals surface area contributed by atoms with E-state index in [1.54, 1.807) is 29.5 Å². The van der Waals surface area contributed by atoms with Crippen molar-refractivity contribution in [3.8, 4) is 11.5 Å². The summed E-state index contributed by atoms with van der Waals surface area (Å²) < 4.78 is 11.0. The molecule has 2 aromatic rings. The van der Waals surface area contributed by atoms with E-state index in [-0.39, 0.29) is 5.91 Å². The third-order valence-electron chi connectivity index (χ3n) is 4.78. The van der Waals surface area contributed by atoms with Crippen molar-refractivity contribution in [1.82, 2.24) is 10.9 Å². The Morgan fingerprint density at radius 1 is 1.11 bits per heavy atom. The number of nitrogens with one attached hydrogen (secondary N) is 2. The van der Waals surface area contributed by atoms with Crippen LogP contribution in [0.1, 0.15) is 63.8 Å².